The predicted octanol–water partition coefficient (Wildman–Crippen LogP) is 0.828. The molecule has 1 aliphatic carbocycles. The van der Waals surface area contributed by atoms with Crippen LogP contribution in [0, 0.1) is 0 Å². The first kappa shape index (κ1) is 12.9. The molecule has 5 heteroatoms. The third-order valence-electron chi connectivity index (χ3n) is 2.68. The topological polar surface area (TPSA) is 61.8 Å². The maximum absolute atomic E-state index is 12.1. The fourth-order valence-electron chi connectivity index (χ4n) is 1.79. The van der Waals surface area contributed by atoms with E-state index in [0.717, 1.165) is 0 Å². The molecular formula is C11H16O5. The van der Waals surface area contributed by atoms with E-state index >= 15 is 0 Å². The molecule has 0 unspecified atom stereocenters. The third kappa shape index (κ3) is 2.01. The molecule has 0 atom stereocenters. The monoisotopic (exact) mass is 228 g/mol. The molecule has 0 amide bonds. The van der Waals surface area contributed by atoms with Gasteiger partial charge in [0.1, 0.15) is 11.5 Å². The van der Waals surface area contributed by atoms with Crippen LogP contribution in [-0.4, -0.2) is 38.7 Å². The Bertz CT molecular complexity index is 338. The summed E-state index contributed by atoms with van der Waals surface area (Å²) in [6.45, 7) is 1.42. The number of rotatable bonds is 5. The molecule has 0 radical (unpaired) electrons. The quantitative estimate of drug-likeness (QED) is 0.652. The molecule has 0 aromatic heterocycles. The lowest BCUT2D eigenvalue weighted by Gasteiger charge is -2.23. The number of methoxy groups -OCH3 is 3. The minimum absolute atomic E-state index is 0.0521. The zero-order valence-electron chi connectivity index (χ0n) is 9.96. The number of hydrogen-bond acceptors (Lipinski definition) is 5. The fraction of sp³-hybridized carbons (Fsp3) is 0.636. The fourth-order valence-corrected chi connectivity index (χ4v) is 1.79. The zero-order chi connectivity index (χ0) is 12.3. The summed E-state index contributed by atoms with van der Waals surface area (Å²) in [5, 5.41) is 0. The minimum atomic E-state index is -1.32. The second kappa shape index (κ2) is 4.76. The van der Waals surface area contributed by atoms with Gasteiger partial charge < -0.3 is 14.2 Å². The van der Waals surface area contributed by atoms with E-state index in [1.165, 1.54) is 28.3 Å². The van der Waals surface area contributed by atoms with E-state index in [1.54, 1.807) is 0 Å². The molecule has 0 bridgehead atoms. The summed E-state index contributed by atoms with van der Waals surface area (Å²) in [6.07, 6.45) is 0.258. The van der Waals surface area contributed by atoms with Gasteiger partial charge in [-0.3, -0.25) is 9.59 Å². The SMILES string of the molecule is COC1=C(CC(C)=O)C(=O)C(OC)(OC)C1. The lowest BCUT2D eigenvalue weighted by molar-refractivity contribution is -0.200. The smallest absolute Gasteiger partial charge is 0.240 e. The molecule has 0 aromatic carbocycles. The number of Topliss-reactive ketones (excluding diaryl/α,β-unsaturated/α-hetero) is 2. The van der Waals surface area contributed by atoms with Gasteiger partial charge in [0.15, 0.2) is 0 Å². The van der Waals surface area contributed by atoms with E-state index in [9.17, 15) is 9.59 Å². The van der Waals surface area contributed by atoms with Crippen molar-refractivity contribution in [1.82, 2.24) is 0 Å². The Kier molecular flexibility index (Phi) is 3.83. The van der Waals surface area contributed by atoms with E-state index < -0.39 is 5.79 Å². The van der Waals surface area contributed by atoms with E-state index in [1.807, 2.05) is 0 Å². The highest BCUT2D eigenvalue weighted by Crippen LogP contribution is 2.36. The second-order valence-electron chi connectivity index (χ2n) is 3.65. The average Bonchev–Trinajstić information content (AvgIpc) is 2.53. The van der Waals surface area contributed by atoms with E-state index in [0.29, 0.717) is 11.3 Å². The van der Waals surface area contributed by atoms with Crippen molar-refractivity contribution in [2.75, 3.05) is 21.3 Å². The summed E-state index contributed by atoms with van der Waals surface area (Å²) in [6, 6.07) is 0. The molecule has 0 N–H and O–H groups in total. The number of ketones is 2. The van der Waals surface area contributed by atoms with Crippen LogP contribution in [0.15, 0.2) is 11.3 Å². The van der Waals surface area contributed by atoms with E-state index in [-0.39, 0.29) is 24.4 Å². The van der Waals surface area contributed by atoms with Gasteiger partial charge in [-0.2, -0.15) is 0 Å². The van der Waals surface area contributed by atoms with E-state index in [4.69, 9.17) is 14.2 Å². The molecule has 0 aromatic rings. The largest absolute Gasteiger partial charge is 0.500 e. The number of ether oxygens (including phenoxy) is 3. The molecule has 1 aliphatic rings. The first-order chi connectivity index (χ1) is 7.50. The Morgan fingerprint density at radius 3 is 2.25 bits per heavy atom. The molecule has 0 aliphatic heterocycles. The molecule has 16 heavy (non-hydrogen) atoms. The summed E-state index contributed by atoms with van der Waals surface area (Å²) in [5.41, 5.74) is 0.346. The van der Waals surface area contributed by atoms with Crippen molar-refractivity contribution in [2.45, 2.75) is 25.6 Å². The second-order valence-corrected chi connectivity index (χ2v) is 3.65. The lowest BCUT2D eigenvalue weighted by atomic mass is 10.1. The van der Waals surface area contributed by atoms with Crippen LogP contribution in [0.4, 0.5) is 0 Å². The van der Waals surface area contributed by atoms with Crippen LogP contribution in [0.2, 0.25) is 0 Å². The molecule has 1 rings (SSSR count). The molecule has 90 valence electrons. The van der Waals surface area contributed by atoms with Crippen molar-refractivity contribution in [3.63, 3.8) is 0 Å². The van der Waals surface area contributed by atoms with Gasteiger partial charge in [0, 0.05) is 26.2 Å². The van der Waals surface area contributed by atoms with E-state index in [2.05, 4.69) is 0 Å². The van der Waals surface area contributed by atoms with Gasteiger partial charge in [-0.15, -0.1) is 0 Å². The first-order valence-corrected chi connectivity index (χ1v) is 4.91. The highest BCUT2D eigenvalue weighted by atomic mass is 16.7. The van der Waals surface area contributed by atoms with Crippen LogP contribution in [0.5, 0.6) is 0 Å². The minimum Gasteiger partial charge on any atom is -0.500 e. The maximum Gasteiger partial charge on any atom is 0.240 e. The van der Waals surface area contributed by atoms with Crippen molar-refractivity contribution < 1.29 is 23.8 Å². The Hall–Kier alpha value is -1.20. The number of carbonyl (C=O) groups excluding carboxylic acids is 2. The Balaban J connectivity index is 3.04. The van der Waals surface area contributed by atoms with Crippen LogP contribution >= 0.6 is 0 Å². The predicted molar refractivity (Wildman–Crippen MR) is 55.7 cm³/mol. The lowest BCUT2D eigenvalue weighted by Crippen LogP contribution is -2.40. The summed E-state index contributed by atoms with van der Waals surface area (Å²) in [5.74, 6) is -1.29. The molecule has 5 nitrogen and oxygen atoms in total. The highest BCUT2D eigenvalue weighted by molar-refractivity contribution is 6.07. The zero-order valence-corrected chi connectivity index (χ0v) is 9.96. The highest BCUT2D eigenvalue weighted by Gasteiger charge is 2.49. The van der Waals surface area contributed by atoms with Crippen LogP contribution in [-0.2, 0) is 23.8 Å². The van der Waals surface area contributed by atoms with Gasteiger partial charge in [0.05, 0.1) is 13.5 Å². The van der Waals surface area contributed by atoms with Gasteiger partial charge in [0.2, 0.25) is 11.6 Å². The van der Waals surface area contributed by atoms with Crippen LogP contribution in [0.3, 0.4) is 0 Å². The Morgan fingerprint density at radius 1 is 1.31 bits per heavy atom. The van der Waals surface area contributed by atoms with Gasteiger partial charge in [-0.05, 0) is 6.92 Å². The first-order valence-electron chi connectivity index (χ1n) is 4.91. The van der Waals surface area contributed by atoms with Gasteiger partial charge >= 0.3 is 0 Å². The average molecular weight is 228 g/mol. The van der Waals surface area contributed by atoms with Gasteiger partial charge in [-0.25, -0.2) is 0 Å². The van der Waals surface area contributed by atoms with Crippen LogP contribution < -0.4 is 0 Å². The van der Waals surface area contributed by atoms with Crippen molar-refractivity contribution in [3.05, 3.63) is 11.3 Å². The van der Waals surface area contributed by atoms with Crippen molar-refractivity contribution in [2.24, 2.45) is 0 Å². The normalized spacial score (nSPS) is 19.1. The van der Waals surface area contributed by atoms with Crippen molar-refractivity contribution in [3.8, 4) is 0 Å². The van der Waals surface area contributed by atoms with Crippen LogP contribution in [0.25, 0.3) is 0 Å². The summed E-state index contributed by atoms with van der Waals surface area (Å²) in [4.78, 5) is 23.1. The summed E-state index contributed by atoms with van der Waals surface area (Å²) >= 11 is 0. The molecular weight excluding hydrogens is 212 g/mol. The number of carbonyl (C=O) groups is 2. The van der Waals surface area contributed by atoms with Gasteiger partial charge in [0.25, 0.3) is 0 Å². The van der Waals surface area contributed by atoms with Crippen molar-refractivity contribution >= 4 is 11.6 Å². The molecule has 0 spiro atoms. The Morgan fingerprint density at radius 2 is 1.88 bits per heavy atom. The van der Waals surface area contributed by atoms with Crippen LogP contribution in [0.1, 0.15) is 19.8 Å². The maximum atomic E-state index is 12.1. The third-order valence-corrected chi connectivity index (χ3v) is 2.68. The number of hydrogen-bond donors (Lipinski definition) is 0. The van der Waals surface area contributed by atoms with Gasteiger partial charge in [-0.1, -0.05) is 0 Å². The Labute approximate surface area is 94.4 Å². The summed E-state index contributed by atoms with van der Waals surface area (Å²) in [7, 11) is 4.25. The molecule has 0 heterocycles. The summed E-state index contributed by atoms with van der Waals surface area (Å²) < 4.78 is 15.3. The molecule has 0 fully saturated rings. The van der Waals surface area contributed by atoms with Crippen molar-refractivity contribution in [1.29, 1.82) is 0 Å². The molecule has 0 saturated carbocycles. The standard InChI is InChI=1S/C11H16O5/c1-7(12)5-8-9(14-2)6-11(15-3,16-4)10(8)13/h5-6H2,1-4H3. The molecule has 0 saturated heterocycles.